The van der Waals surface area contributed by atoms with Crippen LogP contribution in [0.25, 0.3) is 0 Å². The molecule has 4 aliphatic carbocycles. The van der Waals surface area contributed by atoms with Crippen molar-refractivity contribution < 1.29 is 0 Å². The number of allylic oxidation sites excluding steroid dienone is 2. The molecule has 2 fully saturated rings. The lowest BCUT2D eigenvalue weighted by Crippen LogP contribution is -2.63. The third-order valence-corrected chi connectivity index (χ3v) is 5.96. The van der Waals surface area contributed by atoms with Crippen molar-refractivity contribution in [3.05, 3.63) is 11.6 Å². The number of rotatable bonds is 1. The molecule has 0 saturated heterocycles. The average Bonchev–Trinajstić information content (AvgIpc) is 2.17. The molecule has 4 rings (SSSR count). The molecule has 0 aromatic rings. The summed E-state index contributed by atoms with van der Waals surface area (Å²) < 4.78 is 0. The first-order valence-corrected chi connectivity index (χ1v) is 6.72. The summed E-state index contributed by atoms with van der Waals surface area (Å²) in [7, 11) is 0. The summed E-state index contributed by atoms with van der Waals surface area (Å²) in [5.74, 6) is 4.96. The largest absolute Gasteiger partial charge is 0.0850 e. The van der Waals surface area contributed by atoms with Gasteiger partial charge < -0.3 is 0 Å². The third kappa shape index (κ3) is 1.04. The molecule has 5 atom stereocenters. The van der Waals surface area contributed by atoms with Crippen molar-refractivity contribution in [3.8, 4) is 0 Å². The summed E-state index contributed by atoms with van der Waals surface area (Å²) in [5.41, 5.74) is 2.42. The highest BCUT2D eigenvalue weighted by molar-refractivity contribution is 5.28. The van der Waals surface area contributed by atoms with Crippen LogP contribution >= 0.6 is 0 Å². The molecule has 0 N–H and O–H groups in total. The van der Waals surface area contributed by atoms with E-state index in [0.29, 0.717) is 5.41 Å². The number of hydrogen-bond acceptors (Lipinski definition) is 0. The fourth-order valence-corrected chi connectivity index (χ4v) is 5.25. The smallest absolute Gasteiger partial charge is 0.0115 e. The van der Waals surface area contributed by atoms with Crippen LogP contribution in [0.1, 0.15) is 47.0 Å². The van der Waals surface area contributed by atoms with Crippen LogP contribution in [0.4, 0.5) is 0 Å². The molecule has 0 heteroatoms. The van der Waals surface area contributed by atoms with Crippen LogP contribution in [0.5, 0.6) is 0 Å². The molecule has 4 bridgehead atoms. The van der Waals surface area contributed by atoms with E-state index in [1.165, 1.54) is 19.3 Å². The highest BCUT2D eigenvalue weighted by Gasteiger charge is 2.64. The first kappa shape index (κ1) is 9.93. The van der Waals surface area contributed by atoms with E-state index in [-0.39, 0.29) is 0 Å². The molecule has 4 aliphatic rings. The van der Waals surface area contributed by atoms with E-state index in [4.69, 9.17) is 0 Å². The zero-order valence-corrected chi connectivity index (χ0v) is 10.6. The highest BCUT2D eigenvalue weighted by atomic mass is 14.7. The van der Waals surface area contributed by atoms with Crippen molar-refractivity contribution >= 4 is 0 Å². The van der Waals surface area contributed by atoms with Gasteiger partial charge in [-0.2, -0.15) is 0 Å². The number of hydrogen-bond donors (Lipinski definition) is 0. The summed E-state index contributed by atoms with van der Waals surface area (Å²) in [4.78, 5) is 0. The lowest BCUT2D eigenvalue weighted by Gasteiger charge is -2.70. The Bertz CT molecular complexity index is 312. The Labute approximate surface area is 94.1 Å². The first-order valence-electron chi connectivity index (χ1n) is 6.72. The molecule has 4 unspecified atom stereocenters. The maximum Gasteiger partial charge on any atom is -0.0115 e. The second kappa shape index (κ2) is 2.90. The van der Waals surface area contributed by atoms with Crippen LogP contribution < -0.4 is 0 Å². The Morgan fingerprint density at radius 3 is 2.73 bits per heavy atom. The van der Waals surface area contributed by atoms with Crippen molar-refractivity contribution in [2.24, 2.45) is 35.0 Å². The predicted octanol–water partition coefficient (Wildman–Crippen LogP) is 4.27. The Balaban J connectivity index is 1.95. The van der Waals surface area contributed by atoms with E-state index < -0.39 is 0 Å². The van der Waals surface area contributed by atoms with Crippen LogP contribution in [0.3, 0.4) is 0 Å². The zero-order valence-electron chi connectivity index (χ0n) is 10.6. The maximum atomic E-state index is 2.56. The molecule has 0 spiro atoms. The van der Waals surface area contributed by atoms with Crippen molar-refractivity contribution in [2.75, 3.05) is 0 Å². The van der Waals surface area contributed by atoms with E-state index in [1.807, 2.05) is 0 Å². The topological polar surface area (TPSA) is 0 Å². The van der Waals surface area contributed by atoms with Gasteiger partial charge in [0.05, 0.1) is 0 Å². The van der Waals surface area contributed by atoms with Gasteiger partial charge in [-0.3, -0.25) is 0 Å². The van der Waals surface area contributed by atoms with Gasteiger partial charge in [-0.05, 0) is 61.2 Å². The van der Waals surface area contributed by atoms with Crippen molar-refractivity contribution in [2.45, 2.75) is 47.0 Å². The molecule has 15 heavy (non-hydrogen) atoms. The maximum absolute atomic E-state index is 2.56. The van der Waals surface area contributed by atoms with E-state index in [9.17, 15) is 0 Å². The SMILES string of the molecule is CC1=CCC2C3C1C2(C)CC[C@@H]3C(C)C. The van der Waals surface area contributed by atoms with Crippen molar-refractivity contribution in [3.63, 3.8) is 0 Å². The predicted molar refractivity (Wildman–Crippen MR) is 64.5 cm³/mol. The summed E-state index contributed by atoms with van der Waals surface area (Å²) in [6, 6.07) is 0. The monoisotopic (exact) mass is 204 g/mol. The van der Waals surface area contributed by atoms with Gasteiger partial charge in [0.1, 0.15) is 0 Å². The van der Waals surface area contributed by atoms with E-state index in [1.54, 1.807) is 5.57 Å². The average molecular weight is 204 g/mol. The van der Waals surface area contributed by atoms with Gasteiger partial charge in [0.25, 0.3) is 0 Å². The molecular formula is C15H24. The minimum atomic E-state index is 0.703. The summed E-state index contributed by atoms with van der Waals surface area (Å²) in [6.07, 6.45) is 6.90. The molecule has 0 amide bonds. The fourth-order valence-electron chi connectivity index (χ4n) is 5.25. The Hall–Kier alpha value is -0.260. The summed E-state index contributed by atoms with van der Waals surface area (Å²) in [5, 5.41) is 0. The van der Waals surface area contributed by atoms with Gasteiger partial charge in [-0.1, -0.05) is 32.4 Å². The van der Waals surface area contributed by atoms with Gasteiger partial charge in [-0.25, -0.2) is 0 Å². The van der Waals surface area contributed by atoms with Crippen LogP contribution in [0, 0.1) is 35.0 Å². The van der Waals surface area contributed by atoms with Crippen molar-refractivity contribution in [1.29, 1.82) is 0 Å². The van der Waals surface area contributed by atoms with E-state index in [0.717, 1.165) is 29.6 Å². The second-order valence-corrected chi connectivity index (χ2v) is 6.80. The molecule has 0 aliphatic heterocycles. The zero-order chi connectivity index (χ0) is 10.8. The van der Waals surface area contributed by atoms with E-state index in [2.05, 4.69) is 33.8 Å². The first-order chi connectivity index (χ1) is 7.05. The molecule has 84 valence electrons. The van der Waals surface area contributed by atoms with Crippen LogP contribution in [0.2, 0.25) is 0 Å². The number of fused-ring (bicyclic) bond motifs is 1. The van der Waals surface area contributed by atoms with Crippen molar-refractivity contribution in [1.82, 2.24) is 0 Å². The fraction of sp³-hybridized carbons (Fsp3) is 0.867. The van der Waals surface area contributed by atoms with E-state index >= 15 is 0 Å². The quantitative estimate of drug-likeness (QED) is 0.559. The standard InChI is InChI=1S/C15H24/c1-9(2)11-7-8-15(4)12-6-5-10(3)14(15)13(11)12/h5,9,11-14H,6-8H2,1-4H3/t11-,12?,13?,14?,15?/m1/s1. The van der Waals surface area contributed by atoms with Gasteiger partial charge >= 0.3 is 0 Å². The molecular weight excluding hydrogens is 180 g/mol. The van der Waals surface area contributed by atoms with Gasteiger partial charge in [0.15, 0.2) is 0 Å². The lowest BCUT2D eigenvalue weighted by molar-refractivity contribution is -0.181. The Kier molecular flexibility index (Phi) is 1.92. The lowest BCUT2D eigenvalue weighted by atomic mass is 9.34. The molecule has 0 aromatic heterocycles. The normalized spacial score (nSPS) is 52.5. The third-order valence-electron chi connectivity index (χ3n) is 5.96. The van der Waals surface area contributed by atoms with Gasteiger partial charge in [0.2, 0.25) is 0 Å². The molecule has 0 radical (unpaired) electrons. The minimum Gasteiger partial charge on any atom is -0.0850 e. The summed E-state index contributed by atoms with van der Waals surface area (Å²) in [6.45, 7) is 9.81. The molecule has 0 nitrogen and oxygen atoms in total. The molecule has 0 aromatic carbocycles. The van der Waals surface area contributed by atoms with Gasteiger partial charge in [0, 0.05) is 0 Å². The van der Waals surface area contributed by atoms with Crippen LogP contribution in [-0.2, 0) is 0 Å². The molecule has 2 saturated carbocycles. The summed E-state index contributed by atoms with van der Waals surface area (Å²) >= 11 is 0. The van der Waals surface area contributed by atoms with Crippen LogP contribution in [0.15, 0.2) is 11.6 Å². The second-order valence-electron chi connectivity index (χ2n) is 6.80. The Morgan fingerprint density at radius 1 is 1.40 bits per heavy atom. The van der Waals surface area contributed by atoms with Crippen LogP contribution in [-0.4, -0.2) is 0 Å². The highest BCUT2D eigenvalue weighted by Crippen LogP contribution is 2.71. The molecule has 0 heterocycles. The Morgan fingerprint density at radius 2 is 2.13 bits per heavy atom. The minimum absolute atomic E-state index is 0.703. The van der Waals surface area contributed by atoms with Gasteiger partial charge in [-0.15, -0.1) is 0 Å².